The summed E-state index contributed by atoms with van der Waals surface area (Å²) in [6.07, 6.45) is 0. The van der Waals surface area contributed by atoms with E-state index in [1.165, 1.54) is 0 Å². The van der Waals surface area contributed by atoms with E-state index in [2.05, 4.69) is 22.5 Å². The lowest BCUT2D eigenvalue weighted by molar-refractivity contribution is 0.104. The molecular formula is C9H7BrO. The summed E-state index contributed by atoms with van der Waals surface area (Å²) in [6, 6.07) is 9.03. The summed E-state index contributed by atoms with van der Waals surface area (Å²) in [6.45, 7) is 3.50. The van der Waals surface area contributed by atoms with Crippen LogP contribution in [0.3, 0.4) is 0 Å². The van der Waals surface area contributed by atoms with Crippen LogP contribution >= 0.6 is 15.9 Å². The Bertz CT molecular complexity index is 277. The molecule has 1 aromatic rings. The number of carbonyl (C=O) groups is 1. The van der Waals surface area contributed by atoms with E-state index in [1.54, 1.807) is 12.1 Å². The Morgan fingerprint density at radius 3 is 2.27 bits per heavy atom. The minimum atomic E-state index is -0.0643. The average Bonchev–Trinajstić information content (AvgIpc) is 2.05. The van der Waals surface area contributed by atoms with Gasteiger partial charge < -0.3 is 0 Å². The van der Waals surface area contributed by atoms with Crippen LogP contribution in [0.2, 0.25) is 0 Å². The molecule has 0 spiro atoms. The van der Waals surface area contributed by atoms with Crippen LogP contribution in [0.1, 0.15) is 10.4 Å². The molecular weight excluding hydrogens is 204 g/mol. The van der Waals surface area contributed by atoms with Crippen molar-refractivity contribution in [2.45, 2.75) is 0 Å². The molecule has 0 aromatic heterocycles. The van der Waals surface area contributed by atoms with Crippen LogP contribution in [0.15, 0.2) is 41.4 Å². The van der Waals surface area contributed by atoms with E-state index in [1.807, 2.05) is 18.2 Å². The molecule has 1 rings (SSSR count). The van der Waals surface area contributed by atoms with Crippen LogP contribution in [0.5, 0.6) is 0 Å². The van der Waals surface area contributed by atoms with E-state index in [0.717, 1.165) is 0 Å². The zero-order chi connectivity index (χ0) is 8.27. The molecule has 0 saturated heterocycles. The van der Waals surface area contributed by atoms with Crippen LogP contribution in [0.25, 0.3) is 0 Å². The largest absolute Gasteiger partial charge is 0.288 e. The van der Waals surface area contributed by atoms with Crippen molar-refractivity contribution in [1.29, 1.82) is 0 Å². The first-order valence-electron chi connectivity index (χ1n) is 3.16. The van der Waals surface area contributed by atoms with Crippen molar-refractivity contribution in [3.63, 3.8) is 0 Å². The molecule has 0 heterocycles. The molecule has 2 heteroatoms. The number of carbonyl (C=O) groups excluding carboxylic acids is 1. The highest BCUT2D eigenvalue weighted by molar-refractivity contribution is 9.12. The van der Waals surface area contributed by atoms with Crippen LogP contribution in [0.4, 0.5) is 0 Å². The second-order valence-corrected chi connectivity index (χ2v) is 3.06. The van der Waals surface area contributed by atoms with Gasteiger partial charge in [-0.1, -0.05) is 36.9 Å². The maximum absolute atomic E-state index is 11.2. The third kappa shape index (κ3) is 2.02. The van der Waals surface area contributed by atoms with Gasteiger partial charge in [0.05, 0.1) is 4.48 Å². The Balaban J connectivity index is 2.95. The van der Waals surface area contributed by atoms with Crippen molar-refractivity contribution < 1.29 is 4.79 Å². The van der Waals surface area contributed by atoms with E-state index in [0.29, 0.717) is 10.0 Å². The maximum atomic E-state index is 11.2. The molecule has 11 heavy (non-hydrogen) atoms. The van der Waals surface area contributed by atoms with E-state index < -0.39 is 0 Å². The minimum absolute atomic E-state index is 0.0643. The zero-order valence-electron chi connectivity index (χ0n) is 5.88. The van der Waals surface area contributed by atoms with Crippen molar-refractivity contribution in [3.8, 4) is 0 Å². The summed E-state index contributed by atoms with van der Waals surface area (Å²) in [5.74, 6) is -0.0643. The first-order chi connectivity index (χ1) is 5.22. The molecule has 0 N–H and O–H groups in total. The molecule has 0 amide bonds. The number of allylic oxidation sites excluding steroid dienone is 1. The SMILES string of the molecule is C=C(Br)C(=O)c1ccccc1. The monoisotopic (exact) mass is 210 g/mol. The lowest BCUT2D eigenvalue weighted by atomic mass is 10.1. The van der Waals surface area contributed by atoms with Gasteiger partial charge in [-0.05, 0) is 15.9 Å². The smallest absolute Gasteiger partial charge is 0.199 e. The fourth-order valence-corrected chi connectivity index (χ4v) is 0.975. The lowest BCUT2D eigenvalue weighted by Gasteiger charge is -1.95. The molecule has 0 atom stereocenters. The summed E-state index contributed by atoms with van der Waals surface area (Å²) in [7, 11) is 0. The second kappa shape index (κ2) is 3.49. The molecule has 0 aliphatic rings. The van der Waals surface area contributed by atoms with Crippen LogP contribution < -0.4 is 0 Å². The van der Waals surface area contributed by atoms with Crippen molar-refractivity contribution in [1.82, 2.24) is 0 Å². The molecule has 56 valence electrons. The molecule has 0 aliphatic heterocycles. The van der Waals surface area contributed by atoms with Gasteiger partial charge in [-0.3, -0.25) is 4.79 Å². The molecule has 1 aromatic carbocycles. The van der Waals surface area contributed by atoms with Crippen LogP contribution in [0, 0.1) is 0 Å². The van der Waals surface area contributed by atoms with Gasteiger partial charge >= 0.3 is 0 Å². The van der Waals surface area contributed by atoms with Gasteiger partial charge in [0.15, 0.2) is 5.78 Å². The van der Waals surface area contributed by atoms with Gasteiger partial charge in [-0.25, -0.2) is 0 Å². The van der Waals surface area contributed by atoms with E-state index in [4.69, 9.17) is 0 Å². The van der Waals surface area contributed by atoms with Crippen molar-refractivity contribution in [3.05, 3.63) is 47.0 Å². The summed E-state index contributed by atoms with van der Waals surface area (Å²) in [5, 5.41) is 0. The quantitative estimate of drug-likeness (QED) is 0.543. The highest BCUT2D eigenvalue weighted by atomic mass is 79.9. The highest BCUT2D eigenvalue weighted by Gasteiger charge is 2.04. The number of rotatable bonds is 2. The summed E-state index contributed by atoms with van der Waals surface area (Å²) in [4.78, 5) is 11.2. The summed E-state index contributed by atoms with van der Waals surface area (Å²) >= 11 is 3.03. The number of benzene rings is 1. The Kier molecular flexibility index (Phi) is 2.60. The molecule has 0 radical (unpaired) electrons. The molecule has 0 aliphatic carbocycles. The standard InChI is InChI=1S/C9H7BrO/c1-7(10)9(11)8-5-3-2-4-6-8/h2-6H,1H2. The van der Waals surface area contributed by atoms with Crippen LogP contribution in [-0.2, 0) is 0 Å². The Hall–Kier alpha value is -0.890. The fraction of sp³-hybridized carbons (Fsp3) is 0. The van der Waals surface area contributed by atoms with E-state index in [9.17, 15) is 4.79 Å². The number of hydrogen-bond donors (Lipinski definition) is 0. The van der Waals surface area contributed by atoms with Crippen LogP contribution in [-0.4, -0.2) is 5.78 Å². The molecule has 1 nitrogen and oxygen atoms in total. The lowest BCUT2D eigenvalue weighted by Crippen LogP contribution is -1.95. The fourth-order valence-electron chi connectivity index (χ4n) is 0.746. The van der Waals surface area contributed by atoms with Gasteiger partial charge in [0, 0.05) is 5.56 Å². The number of Topliss-reactive ketones (excluding diaryl/α,β-unsaturated/α-hetero) is 1. The summed E-state index contributed by atoms with van der Waals surface area (Å²) < 4.78 is 0.392. The Morgan fingerprint density at radius 2 is 1.82 bits per heavy atom. The minimum Gasteiger partial charge on any atom is -0.288 e. The van der Waals surface area contributed by atoms with E-state index in [-0.39, 0.29) is 5.78 Å². The number of hydrogen-bond acceptors (Lipinski definition) is 1. The third-order valence-electron chi connectivity index (χ3n) is 1.28. The topological polar surface area (TPSA) is 17.1 Å². The predicted molar refractivity (Wildman–Crippen MR) is 48.8 cm³/mol. The number of halogens is 1. The van der Waals surface area contributed by atoms with Gasteiger partial charge in [0.1, 0.15) is 0 Å². The predicted octanol–water partition coefficient (Wildman–Crippen LogP) is 2.78. The number of ketones is 1. The van der Waals surface area contributed by atoms with Crippen molar-refractivity contribution in [2.24, 2.45) is 0 Å². The van der Waals surface area contributed by atoms with E-state index >= 15 is 0 Å². The molecule has 0 bridgehead atoms. The zero-order valence-corrected chi connectivity index (χ0v) is 7.47. The molecule has 0 fully saturated rings. The van der Waals surface area contributed by atoms with Crippen molar-refractivity contribution in [2.75, 3.05) is 0 Å². The maximum Gasteiger partial charge on any atom is 0.199 e. The van der Waals surface area contributed by atoms with Crippen molar-refractivity contribution >= 4 is 21.7 Å². The Morgan fingerprint density at radius 1 is 1.27 bits per heavy atom. The molecule has 0 saturated carbocycles. The first-order valence-corrected chi connectivity index (χ1v) is 3.95. The Labute approximate surface area is 73.9 Å². The molecule has 0 unspecified atom stereocenters. The average molecular weight is 211 g/mol. The third-order valence-corrected chi connectivity index (χ3v) is 1.64. The first kappa shape index (κ1) is 8.21. The van der Waals surface area contributed by atoms with Gasteiger partial charge in [-0.15, -0.1) is 0 Å². The highest BCUT2D eigenvalue weighted by Crippen LogP contribution is 2.10. The normalized spacial score (nSPS) is 9.18. The van der Waals surface area contributed by atoms with Gasteiger partial charge in [-0.2, -0.15) is 0 Å². The summed E-state index contributed by atoms with van der Waals surface area (Å²) in [5.41, 5.74) is 0.661. The second-order valence-electron chi connectivity index (χ2n) is 2.10. The van der Waals surface area contributed by atoms with Gasteiger partial charge in [0.2, 0.25) is 0 Å². The van der Waals surface area contributed by atoms with Gasteiger partial charge in [0.25, 0.3) is 0 Å².